The highest BCUT2D eigenvalue weighted by Crippen LogP contribution is 2.27. The van der Waals surface area contributed by atoms with Crippen molar-refractivity contribution in [1.29, 1.82) is 0 Å². The molecule has 4 heterocycles. The minimum absolute atomic E-state index is 0.380. The number of carbonyl (C=O) groups is 1. The van der Waals surface area contributed by atoms with Crippen LogP contribution in [0.3, 0.4) is 0 Å². The molecule has 36 heavy (non-hydrogen) atoms. The molecule has 0 amide bonds. The molecule has 0 saturated carbocycles. The normalized spacial score (nSPS) is 11.0. The van der Waals surface area contributed by atoms with E-state index in [0.717, 1.165) is 16.7 Å². The fourth-order valence-corrected chi connectivity index (χ4v) is 2.98. The Morgan fingerprint density at radius 1 is 1.08 bits per heavy atom. The summed E-state index contributed by atoms with van der Waals surface area (Å²) in [6, 6.07) is 15.4. The minimum atomic E-state index is -5.08. The number of hydrogen-bond donors (Lipinski definition) is 2. The zero-order valence-corrected chi connectivity index (χ0v) is 18.5. The van der Waals surface area contributed by atoms with Crippen LogP contribution in [0, 0.1) is 0 Å². The van der Waals surface area contributed by atoms with Crippen molar-refractivity contribution in [3.05, 3.63) is 73.3 Å². The van der Waals surface area contributed by atoms with Crippen LogP contribution in [-0.2, 0) is 11.8 Å². The second-order valence-electron chi connectivity index (χ2n) is 7.12. The Bertz CT molecular complexity index is 1480. The number of pyridine rings is 1. The molecule has 11 nitrogen and oxygen atoms in total. The van der Waals surface area contributed by atoms with Gasteiger partial charge in [-0.15, -0.1) is 5.10 Å². The lowest BCUT2D eigenvalue weighted by atomic mass is 10.2. The van der Waals surface area contributed by atoms with Gasteiger partial charge in [0.2, 0.25) is 11.8 Å². The molecule has 0 bridgehead atoms. The van der Waals surface area contributed by atoms with Gasteiger partial charge in [-0.3, -0.25) is 4.68 Å². The maximum absolute atomic E-state index is 10.6. The van der Waals surface area contributed by atoms with Crippen LogP contribution >= 0.6 is 0 Å². The average Bonchev–Trinajstić information content (AvgIpc) is 3.45. The summed E-state index contributed by atoms with van der Waals surface area (Å²) in [4.78, 5) is 21.9. The zero-order chi connectivity index (χ0) is 25.7. The van der Waals surface area contributed by atoms with Gasteiger partial charge in [-0.2, -0.15) is 18.2 Å². The molecule has 1 aromatic carbocycles. The smallest absolute Gasteiger partial charge is 0.475 e. The van der Waals surface area contributed by atoms with Crippen LogP contribution in [0.15, 0.2) is 73.3 Å². The molecule has 0 saturated heterocycles. The number of aryl methyl sites for hydroxylation is 1. The number of carboxylic acid groups (broad SMARTS) is 1. The van der Waals surface area contributed by atoms with Gasteiger partial charge in [0.15, 0.2) is 5.82 Å². The first-order valence-electron chi connectivity index (χ1n) is 10.2. The summed E-state index contributed by atoms with van der Waals surface area (Å²) in [6.07, 6.45) is 2.04. The summed E-state index contributed by atoms with van der Waals surface area (Å²) in [7, 11) is 1.79. The number of carboxylic acids is 1. The minimum Gasteiger partial charge on any atom is -0.475 e. The number of halogens is 3. The molecule has 0 spiro atoms. The maximum atomic E-state index is 10.6. The van der Waals surface area contributed by atoms with Crippen molar-refractivity contribution < 1.29 is 27.8 Å². The van der Waals surface area contributed by atoms with E-state index < -0.39 is 12.1 Å². The van der Waals surface area contributed by atoms with Crippen molar-refractivity contribution >= 4 is 28.6 Å². The highest BCUT2D eigenvalue weighted by molar-refractivity contribution is 5.83. The third-order valence-corrected chi connectivity index (χ3v) is 4.50. The number of ether oxygens (including phenoxy) is 1. The van der Waals surface area contributed by atoms with Gasteiger partial charge in [0.25, 0.3) is 0 Å². The lowest BCUT2D eigenvalue weighted by molar-refractivity contribution is -0.192. The molecule has 4 aromatic heterocycles. The first-order valence-corrected chi connectivity index (χ1v) is 10.2. The second kappa shape index (κ2) is 10.1. The molecular weight excluding hydrogens is 481 g/mol. The van der Waals surface area contributed by atoms with Crippen molar-refractivity contribution in [3.63, 3.8) is 0 Å². The molecular formula is C22H17F3N8O3. The molecule has 0 atom stereocenters. The number of alkyl halides is 3. The first-order chi connectivity index (χ1) is 17.2. The van der Waals surface area contributed by atoms with Gasteiger partial charge in [-0.1, -0.05) is 11.3 Å². The highest BCUT2D eigenvalue weighted by atomic mass is 19.4. The van der Waals surface area contributed by atoms with E-state index in [9.17, 15) is 13.2 Å². The topological polar surface area (TPSA) is 133 Å². The van der Waals surface area contributed by atoms with Crippen molar-refractivity contribution in [1.82, 2.24) is 34.5 Å². The van der Waals surface area contributed by atoms with Crippen LogP contribution in [-0.4, -0.2) is 51.8 Å². The van der Waals surface area contributed by atoms with Crippen LogP contribution in [0.4, 0.5) is 24.9 Å². The molecule has 2 N–H and O–H groups in total. The van der Waals surface area contributed by atoms with Gasteiger partial charge in [-0.05, 0) is 36.4 Å². The van der Waals surface area contributed by atoms with E-state index in [0.29, 0.717) is 23.4 Å². The summed E-state index contributed by atoms with van der Waals surface area (Å²) in [5, 5.41) is 19.0. The molecule has 0 radical (unpaired) electrons. The monoisotopic (exact) mass is 498 g/mol. The third kappa shape index (κ3) is 5.91. The Morgan fingerprint density at radius 3 is 2.56 bits per heavy atom. The Hall–Kier alpha value is -5.01. The number of rotatable bonds is 5. The van der Waals surface area contributed by atoms with Crippen LogP contribution < -0.4 is 10.1 Å². The quantitative estimate of drug-likeness (QED) is 0.367. The largest absolute Gasteiger partial charge is 0.490 e. The lowest BCUT2D eigenvalue weighted by Gasteiger charge is -2.08. The first kappa shape index (κ1) is 24.1. The molecule has 5 rings (SSSR count). The van der Waals surface area contributed by atoms with Crippen molar-refractivity contribution in [2.75, 3.05) is 5.32 Å². The van der Waals surface area contributed by atoms with Crippen LogP contribution in [0.1, 0.15) is 0 Å². The van der Waals surface area contributed by atoms with E-state index >= 15 is 0 Å². The second-order valence-corrected chi connectivity index (χ2v) is 7.12. The molecule has 0 fully saturated rings. The molecule has 5 aromatic rings. The van der Waals surface area contributed by atoms with E-state index in [2.05, 4.69) is 30.6 Å². The summed E-state index contributed by atoms with van der Waals surface area (Å²) < 4.78 is 41.3. The predicted octanol–water partition coefficient (Wildman–Crippen LogP) is 4.11. The third-order valence-electron chi connectivity index (χ3n) is 4.50. The maximum Gasteiger partial charge on any atom is 0.490 e. The number of aromatic nitrogens is 7. The van der Waals surface area contributed by atoms with Crippen molar-refractivity contribution in [2.45, 2.75) is 6.18 Å². The number of fused-ring (bicyclic) bond motifs is 1. The van der Waals surface area contributed by atoms with Crippen molar-refractivity contribution in [2.24, 2.45) is 7.05 Å². The summed E-state index contributed by atoms with van der Waals surface area (Å²) in [5.41, 5.74) is 1.05. The van der Waals surface area contributed by atoms with Gasteiger partial charge < -0.3 is 19.7 Å². The summed E-state index contributed by atoms with van der Waals surface area (Å²) in [6.45, 7) is 0. The fraction of sp³-hybridized carbons (Fsp3) is 0.0909. The van der Waals surface area contributed by atoms with Crippen LogP contribution in [0.2, 0.25) is 0 Å². The van der Waals surface area contributed by atoms with Crippen LogP contribution in [0.5, 0.6) is 11.6 Å². The number of anilines is 2. The van der Waals surface area contributed by atoms with Gasteiger partial charge in [-0.25, -0.2) is 14.8 Å². The number of aliphatic carboxylic acids is 1. The Morgan fingerprint density at radius 2 is 1.89 bits per heavy atom. The number of nitrogens with zero attached hydrogens (tertiary/aromatic N) is 7. The van der Waals surface area contributed by atoms with E-state index in [1.807, 2.05) is 53.2 Å². The standard InChI is InChI=1S/C20H16N8O.C2HF3O2/c1-27-13-17(25-26-27)23-20-22-10-7-19(24-20)29-15-5-6-16-14(12-15)8-11-28(16)18-4-2-3-9-21-18;3-2(4,5)1(6)7/h2-13H,1H3,(H,22,23,24);(H,6,7). The Labute approximate surface area is 200 Å². The van der Waals surface area contributed by atoms with Crippen molar-refractivity contribution in [3.8, 4) is 17.4 Å². The molecule has 0 aliphatic carbocycles. The molecule has 184 valence electrons. The molecule has 0 aliphatic heterocycles. The zero-order valence-electron chi connectivity index (χ0n) is 18.5. The lowest BCUT2D eigenvalue weighted by Crippen LogP contribution is -2.21. The number of nitrogens with one attached hydrogen (secondary N) is 1. The predicted molar refractivity (Wildman–Crippen MR) is 121 cm³/mol. The number of benzene rings is 1. The van der Waals surface area contributed by atoms with E-state index in [1.165, 1.54) is 0 Å². The van der Waals surface area contributed by atoms with E-state index in [1.54, 1.807) is 36.4 Å². The summed E-state index contributed by atoms with van der Waals surface area (Å²) in [5.74, 6) is 0.154. The Balaban J connectivity index is 0.000000384. The highest BCUT2D eigenvalue weighted by Gasteiger charge is 2.38. The van der Waals surface area contributed by atoms with E-state index in [-0.39, 0.29) is 0 Å². The van der Waals surface area contributed by atoms with Gasteiger partial charge in [0.05, 0.1) is 11.7 Å². The van der Waals surface area contributed by atoms with E-state index in [4.69, 9.17) is 14.6 Å². The molecule has 14 heteroatoms. The van der Waals surface area contributed by atoms with Gasteiger partial charge in [0.1, 0.15) is 11.6 Å². The molecule has 0 unspecified atom stereocenters. The average molecular weight is 498 g/mol. The summed E-state index contributed by atoms with van der Waals surface area (Å²) >= 11 is 0. The van der Waals surface area contributed by atoms with Gasteiger partial charge >= 0.3 is 12.1 Å². The SMILES string of the molecule is Cn1cc(Nc2nccc(Oc3ccc4c(ccn4-c4ccccn4)c3)n2)nn1.O=C(O)C(F)(F)F. The van der Waals surface area contributed by atoms with Gasteiger partial charge in [0, 0.05) is 37.1 Å². The number of hydrogen-bond acceptors (Lipinski definition) is 8. The molecule has 0 aliphatic rings. The fourth-order valence-electron chi connectivity index (χ4n) is 2.98. The van der Waals surface area contributed by atoms with Crippen LogP contribution in [0.25, 0.3) is 16.7 Å². The Kier molecular flexibility index (Phi) is 6.76.